The highest BCUT2D eigenvalue weighted by atomic mass is 16.5. The van der Waals surface area contributed by atoms with Crippen molar-refractivity contribution in [3.8, 4) is 0 Å². The molecule has 0 spiro atoms. The molecule has 0 aliphatic carbocycles. The van der Waals surface area contributed by atoms with E-state index >= 15 is 0 Å². The Labute approximate surface area is 181 Å². The van der Waals surface area contributed by atoms with E-state index in [-0.39, 0.29) is 19.0 Å². The highest BCUT2D eigenvalue weighted by Gasteiger charge is 2.35. The molecule has 1 aliphatic rings. The molecule has 0 saturated heterocycles. The van der Waals surface area contributed by atoms with Crippen LogP contribution in [0, 0.1) is 5.92 Å². The summed E-state index contributed by atoms with van der Waals surface area (Å²) in [5.41, 5.74) is 1.65. The predicted octanol–water partition coefficient (Wildman–Crippen LogP) is 3.12. The third-order valence-electron chi connectivity index (χ3n) is 5.03. The van der Waals surface area contributed by atoms with Gasteiger partial charge in [-0.3, -0.25) is 24.1 Å². The van der Waals surface area contributed by atoms with Crippen LogP contribution in [0.4, 0.5) is 0 Å². The number of carbonyl (C=O) groups excluding carboxylic acids is 4. The van der Waals surface area contributed by atoms with Gasteiger partial charge in [0.2, 0.25) is 0 Å². The summed E-state index contributed by atoms with van der Waals surface area (Å²) in [5.74, 6) is -1.53. The van der Waals surface area contributed by atoms with Gasteiger partial charge in [-0.25, -0.2) is 0 Å². The number of nitrogens with zero attached hydrogens (tertiary/aromatic N) is 1. The summed E-state index contributed by atoms with van der Waals surface area (Å²) in [4.78, 5) is 50.1. The monoisotopic (exact) mass is 422 g/mol. The quantitative estimate of drug-likeness (QED) is 0.495. The SMILES string of the molecule is CC(C)C[C@@H](NC(=O)COC(=O)CCN1C(=O)c2ccccc2C1=O)c1ccccc1. The Morgan fingerprint density at radius 3 is 2.10 bits per heavy atom. The van der Waals surface area contributed by atoms with E-state index in [0.717, 1.165) is 16.9 Å². The number of nitrogens with one attached hydrogen (secondary N) is 1. The minimum Gasteiger partial charge on any atom is -0.456 e. The van der Waals surface area contributed by atoms with Gasteiger partial charge in [0.1, 0.15) is 0 Å². The summed E-state index contributed by atoms with van der Waals surface area (Å²) in [5, 5.41) is 2.91. The molecule has 0 unspecified atom stereocenters. The third-order valence-corrected chi connectivity index (χ3v) is 5.03. The van der Waals surface area contributed by atoms with Crippen LogP contribution in [0.3, 0.4) is 0 Å². The Balaban J connectivity index is 1.47. The van der Waals surface area contributed by atoms with E-state index in [0.29, 0.717) is 17.0 Å². The van der Waals surface area contributed by atoms with Crippen LogP contribution < -0.4 is 5.32 Å². The summed E-state index contributed by atoms with van der Waals surface area (Å²) in [6, 6.07) is 16.0. The second kappa shape index (κ2) is 10.0. The molecule has 0 radical (unpaired) electrons. The molecule has 1 heterocycles. The van der Waals surface area contributed by atoms with Gasteiger partial charge in [0.25, 0.3) is 17.7 Å². The number of rotatable bonds is 9. The minimum absolute atomic E-state index is 0.0905. The van der Waals surface area contributed by atoms with Gasteiger partial charge in [-0.05, 0) is 30.0 Å². The van der Waals surface area contributed by atoms with Crippen molar-refractivity contribution in [1.82, 2.24) is 10.2 Å². The molecule has 0 saturated carbocycles. The molecule has 3 rings (SSSR count). The number of benzene rings is 2. The Morgan fingerprint density at radius 1 is 0.935 bits per heavy atom. The van der Waals surface area contributed by atoms with Crippen molar-refractivity contribution in [1.29, 1.82) is 0 Å². The number of carbonyl (C=O) groups is 4. The van der Waals surface area contributed by atoms with E-state index in [2.05, 4.69) is 19.2 Å². The van der Waals surface area contributed by atoms with E-state index in [1.807, 2.05) is 30.3 Å². The smallest absolute Gasteiger partial charge is 0.308 e. The third kappa shape index (κ3) is 5.57. The molecule has 2 aromatic carbocycles. The first kappa shape index (κ1) is 22.2. The van der Waals surface area contributed by atoms with Crippen molar-refractivity contribution in [3.63, 3.8) is 0 Å². The first-order chi connectivity index (χ1) is 14.9. The van der Waals surface area contributed by atoms with Crippen molar-refractivity contribution in [2.45, 2.75) is 32.7 Å². The van der Waals surface area contributed by atoms with Crippen LogP contribution in [-0.4, -0.2) is 41.7 Å². The summed E-state index contributed by atoms with van der Waals surface area (Å²) >= 11 is 0. The average Bonchev–Trinajstić information content (AvgIpc) is 3.01. The Kier molecular flexibility index (Phi) is 7.18. The van der Waals surface area contributed by atoms with Crippen LogP contribution >= 0.6 is 0 Å². The van der Waals surface area contributed by atoms with Gasteiger partial charge in [0.15, 0.2) is 6.61 Å². The normalized spacial score (nSPS) is 13.8. The number of esters is 1. The molecular formula is C24H26N2O5. The first-order valence-electron chi connectivity index (χ1n) is 10.3. The Hall–Kier alpha value is -3.48. The molecular weight excluding hydrogens is 396 g/mol. The lowest BCUT2D eigenvalue weighted by Gasteiger charge is -2.21. The van der Waals surface area contributed by atoms with Crippen molar-refractivity contribution in [2.75, 3.05) is 13.2 Å². The number of hydrogen-bond donors (Lipinski definition) is 1. The minimum atomic E-state index is -0.646. The summed E-state index contributed by atoms with van der Waals surface area (Å²) in [6.07, 6.45) is 0.580. The van der Waals surface area contributed by atoms with Crippen LogP contribution in [0.25, 0.3) is 0 Å². The van der Waals surface area contributed by atoms with Gasteiger partial charge in [-0.15, -0.1) is 0 Å². The van der Waals surface area contributed by atoms with Crippen LogP contribution in [0.2, 0.25) is 0 Å². The maximum Gasteiger partial charge on any atom is 0.308 e. The van der Waals surface area contributed by atoms with Gasteiger partial charge < -0.3 is 10.1 Å². The number of hydrogen-bond acceptors (Lipinski definition) is 5. The second-order valence-electron chi connectivity index (χ2n) is 7.88. The number of amides is 3. The molecule has 162 valence electrons. The lowest BCUT2D eigenvalue weighted by Crippen LogP contribution is -2.34. The van der Waals surface area contributed by atoms with E-state index in [1.54, 1.807) is 24.3 Å². The number of fused-ring (bicyclic) bond motifs is 1. The highest BCUT2D eigenvalue weighted by molar-refractivity contribution is 6.21. The van der Waals surface area contributed by atoms with E-state index in [9.17, 15) is 19.2 Å². The van der Waals surface area contributed by atoms with Crippen molar-refractivity contribution in [3.05, 3.63) is 71.3 Å². The van der Waals surface area contributed by atoms with E-state index in [1.165, 1.54) is 0 Å². The van der Waals surface area contributed by atoms with Gasteiger partial charge in [0, 0.05) is 6.54 Å². The summed E-state index contributed by atoms with van der Waals surface area (Å²) in [6.45, 7) is 3.64. The lowest BCUT2D eigenvalue weighted by molar-refractivity contribution is -0.148. The van der Waals surface area contributed by atoms with E-state index < -0.39 is 30.3 Å². The number of imide groups is 1. The van der Waals surface area contributed by atoms with Crippen molar-refractivity contribution >= 4 is 23.7 Å². The highest BCUT2D eigenvalue weighted by Crippen LogP contribution is 2.23. The van der Waals surface area contributed by atoms with Crippen molar-refractivity contribution < 1.29 is 23.9 Å². The lowest BCUT2D eigenvalue weighted by atomic mass is 9.97. The molecule has 1 N–H and O–H groups in total. The fourth-order valence-electron chi connectivity index (χ4n) is 3.53. The van der Waals surface area contributed by atoms with Gasteiger partial charge >= 0.3 is 5.97 Å². The standard InChI is InChI=1S/C24H26N2O5/c1-16(2)14-20(17-8-4-3-5-9-17)25-21(27)15-31-22(28)12-13-26-23(29)18-10-6-7-11-19(18)24(26)30/h3-11,16,20H,12-15H2,1-2H3,(H,25,27)/t20-/m1/s1. The van der Waals surface area contributed by atoms with Gasteiger partial charge in [-0.2, -0.15) is 0 Å². The zero-order valence-corrected chi connectivity index (χ0v) is 17.7. The maximum atomic E-state index is 12.3. The fourth-order valence-corrected chi connectivity index (χ4v) is 3.53. The zero-order chi connectivity index (χ0) is 22.4. The Morgan fingerprint density at radius 2 is 1.52 bits per heavy atom. The van der Waals surface area contributed by atoms with Crippen LogP contribution in [0.5, 0.6) is 0 Å². The van der Waals surface area contributed by atoms with Crippen LogP contribution in [-0.2, 0) is 14.3 Å². The van der Waals surface area contributed by atoms with Crippen molar-refractivity contribution in [2.24, 2.45) is 5.92 Å². The van der Waals surface area contributed by atoms with Crippen LogP contribution in [0.15, 0.2) is 54.6 Å². The summed E-state index contributed by atoms with van der Waals surface area (Å²) in [7, 11) is 0. The average molecular weight is 422 g/mol. The fraction of sp³-hybridized carbons (Fsp3) is 0.333. The number of ether oxygens (including phenoxy) is 1. The van der Waals surface area contributed by atoms with E-state index in [4.69, 9.17) is 4.74 Å². The molecule has 0 fully saturated rings. The molecule has 7 nitrogen and oxygen atoms in total. The molecule has 0 aromatic heterocycles. The van der Waals surface area contributed by atoms with Crippen LogP contribution in [0.1, 0.15) is 59.0 Å². The van der Waals surface area contributed by atoms with Gasteiger partial charge in [0.05, 0.1) is 23.6 Å². The topological polar surface area (TPSA) is 92.8 Å². The molecule has 1 atom stereocenters. The van der Waals surface area contributed by atoms with Gasteiger partial charge in [-0.1, -0.05) is 56.3 Å². The molecule has 2 aromatic rings. The maximum absolute atomic E-state index is 12.3. The largest absolute Gasteiger partial charge is 0.456 e. The molecule has 31 heavy (non-hydrogen) atoms. The molecule has 7 heteroatoms. The second-order valence-corrected chi connectivity index (χ2v) is 7.88. The molecule has 0 bridgehead atoms. The summed E-state index contributed by atoms with van der Waals surface area (Å²) < 4.78 is 5.05. The Bertz CT molecular complexity index is 936. The predicted molar refractivity (Wildman–Crippen MR) is 114 cm³/mol. The first-order valence-corrected chi connectivity index (χ1v) is 10.3. The molecule has 3 amide bonds. The zero-order valence-electron chi connectivity index (χ0n) is 17.7. The molecule has 1 aliphatic heterocycles.